The molecule has 2 aromatic heterocycles. The summed E-state index contributed by atoms with van der Waals surface area (Å²) in [5.74, 6) is 3.25. The maximum absolute atomic E-state index is 11.0. The van der Waals surface area contributed by atoms with E-state index in [0.29, 0.717) is 19.0 Å². The monoisotopic (exact) mass is 427 g/mol. The highest BCUT2D eigenvalue weighted by atomic mass is 16.3. The standard InChI is InChI=1S/C24H37N5O2/c1-5-25-23(28-17-24(4,30)21-14-18(2)31-19(21)3)27-16-20-10-11-26-22(15-20)29-12-8-6-7-9-13-29/h10-11,14-15,30H,5-9,12-13,16-17H2,1-4H3,(H2,25,27,28). The summed E-state index contributed by atoms with van der Waals surface area (Å²) < 4.78 is 5.59. The Labute approximate surface area is 186 Å². The quantitative estimate of drug-likeness (QED) is 0.462. The Balaban J connectivity index is 1.65. The van der Waals surface area contributed by atoms with E-state index >= 15 is 0 Å². The highest BCUT2D eigenvalue weighted by Crippen LogP contribution is 2.26. The van der Waals surface area contributed by atoms with Crippen LogP contribution in [-0.4, -0.2) is 42.2 Å². The lowest BCUT2D eigenvalue weighted by atomic mass is 9.96. The van der Waals surface area contributed by atoms with Crippen LogP contribution < -0.4 is 15.5 Å². The molecule has 1 atom stereocenters. The lowest BCUT2D eigenvalue weighted by Gasteiger charge is -2.24. The largest absolute Gasteiger partial charge is 0.466 e. The Morgan fingerprint density at radius 1 is 1.19 bits per heavy atom. The Bertz CT molecular complexity index is 867. The van der Waals surface area contributed by atoms with Crippen molar-refractivity contribution in [2.75, 3.05) is 31.1 Å². The van der Waals surface area contributed by atoms with Crippen molar-refractivity contribution in [3.63, 3.8) is 0 Å². The fourth-order valence-corrected chi connectivity index (χ4v) is 4.06. The highest BCUT2D eigenvalue weighted by molar-refractivity contribution is 5.79. The fourth-order valence-electron chi connectivity index (χ4n) is 4.06. The summed E-state index contributed by atoms with van der Waals surface area (Å²) in [6.45, 7) is 11.4. The molecule has 1 aliphatic heterocycles. The van der Waals surface area contributed by atoms with E-state index < -0.39 is 5.60 Å². The zero-order chi connectivity index (χ0) is 22.3. The van der Waals surface area contributed by atoms with Crippen LogP contribution in [0.25, 0.3) is 0 Å². The van der Waals surface area contributed by atoms with Crippen LogP contribution in [0.5, 0.6) is 0 Å². The van der Waals surface area contributed by atoms with E-state index in [-0.39, 0.29) is 0 Å². The van der Waals surface area contributed by atoms with Gasteiger partial charge in [-0.05, 0) is 64.3 Å². The summed E-state index contributed by atoms with van der Waals surface area (Å²) in [5, 5.41) is 17.5. The molecular weight excluding hydrogens is 390 g/mol. The molecule has 0 aromatic carbocycles. The first-order valence-electron chi connectivity index (χ1n) is 11.4. The maximum atomic E-state index is 11.0. The van der Waals surface area contributed by atoms with Crippen LogP contribution in [0.3, 0.4) is 0 Å². The van der Waals surface area contributed by atoms with Crippen LogP contribution in [0.1, 0.15) is 62.2 Å². The molecule has 31 heavy (non-hydrogen) atoms. The van der Waals surface area contributed by atoms with Crippen LogP contribution in [-0.2, 0) is 12.1 Å². The molecule has 2 aromatic rings. The molecule has 7 nitrogen and oxygen atoms in total. The highest BCUT2D eigenvalue weighted by Gasteiger charge is 2.27. The molecule has 0 saturated carbocycles. The lowest BCUT2D eigenvalue weighted by molar-refractivity contribution is 0.0601. The van der Waals surface area contributed by atoms with E-state index in [9.17, 15) is 5.11 Å². The summed E-state index contributed by atoms with van der Waals surface area (Å²) in [6, 6.07) is 6.05. The van der Waals surface area contributed by atoms with Gasteiger partial charge in [-0.1, -0.05) is 12.8 Å². The normalized spacial score (nSPS) is 17.2. The Hall–Kier alpha value is -2.54. The second kappa shape index (κ2) is 10.7. The first kappa shape index (κ1) is 23.1. The number of nitrogens with zero attached hydrogens (tertiary/aromatic N) is 3. The topological polar surface area (TPSA) is 85.9 Å². The van der Waals surface area contributed by atoms with Crippen LogP contribution >= 0.6 is 0 Å². The number of hydrogen-bond acceptors (Lipinski definition) is 5. The van der Waals surface area contributed by atoms with Gasteiger partial charge in [-0.2, -0.15) is 0 Å². The van der Waals surface area contributed by atoms with E-state index in [0.717, 1.165) is 48.1 Å². The molecule has 3 N–H and O–H groups in total. The number of hydrogen-bond donors (Lipinski definition) is 3. The molecule has 7 heteroatoms. The number of rotatable bonds is 7. The van der Waals surface area contributed by atoms with Crippen molar-refractivity contribution in [1.82, 2.24) is 15.6 Å². The Kier molecular flexibility index (Phi) is 7.96. The molecule has 0 aliphatic carbocycles. The van der Waals surface area contributed by atoms with Gasteiger partial charge >= 0.3 is 0 Å². The lowest BCUT2D eigenvalue weighted by Crippen LogP contribution is -2.44. The minimum absolute atomic E-state index is 0.327. The zero-order valence-electron chi connectivity index (χ0n) is 19.4. The Morgan fingerprint density at radius 3 is 2.58 bits per heavy atom. The number of aromatic nitrogens is 1. The smallest absolute Gasteiger partial charge is 0.191 e. The van der Waals surface area contributed by atoms with Gasteiger partial charge in [0.25, 0.3) is 0 Å². The molecule has 1 unspecified atom stereocenters. The third-order valence-corrected chi connectivity index (χ3v) is 5.73. The van der Waals surface area contributed by atoms with Crippen LogP contribution in [0, 0.1) is 13.8 Å². The average Bonchev–Trinajstić information content (AvgIpc) is 2.94. The number of aliphatic imine (C=N–C) groups is 1. The van der Waals surface area contributed by atoms with Gasteiger partial charge in [0.05, 0.1) is 13.1 Å². The molecule has 170 valence electrons. The number of furan rings is 1. The SMILES string of the molecule is CCNC(=NCc1ccnc(N2CCCCCC2)c1)NCC(C)(O)c1cc(C)oc1C. The van der Waals surface area contributed by atoms with Crippen molar-refractivity contribution in [3.05, 3.63) is 47.0 Å². The van der Waals surface area contributed by atoms with Gasteiger partial charge < -0.3 is 25.1 Å². The number of pyridine rings is 1. The van der Waals surface area contributed by atoms with Crippen molar-refractivity contribution in [3.8, 4) is 0 Å². The van der Waals surface area contributed by atoms with Crippen molar-refractivity contribution in [1.29, 1.82) is 0 Å². The number of guanidine groups is 1. The van der Waals surface area contributed by atoms with Gasteiger partial charge in [0.1, 0.15) is 22.9 Å². The van der Waals surface area contributed by atoms with Gasteiger partial charge in [-0.15, -0.1) is 0 Å². The summed E-state index contributed by atoms with van der Waals surface area (Å²) in [4.78, 5) is 11.7. The number of aryl methyl sites for hydroxylation is 2. The average molecular weight is 428 g/mol. The molecule has 0 spiro atoms. The van der Waals surface area contributed by atoms with Crippen molar-refractivity contribution >= 4 is 11.8 Å². The molecular formula is C24H37N5O2. The van der Waals surface area contributed by atoms with E-state index in [1.165, 1.54) is 25.7 Å². The maximum Gasteiger partial charge on any atom is 0.191 e. The van der Waals surface area contributed by atoms with Gasteiger partial charge in [-0.3, -0.25) is 0 Å². The summed E-state index contributed by atoms with van der Waals surface area (Å²) in [6.07, 6.45) is 6.95. The van der Waals surface area contributed by atoms with Crippen molar-refractivity contribution in [2.45, 2.75) is 65.5 Å². The Morgan fingerprint density at radius 2 is 1.94 bits per heavy atom. The molecule has 3 heterocycles. The van der Waals surface area contributed by atoms with Crippen molar-refractivity contribution in [2.24, 2.45) is 4.99 Å². The summed E-state index contributed by atoms with van der Waals surface area (Å²) >= 11 is 0. The molecule has 1 fully saturated rings. The minimum atomic E-state index is -1.06. The summed E-state index contributed by atoms with van der Waals surface area (Å²) in [5.41, 5.74) is 0.860. The van der Waals surface area contributed by atoms with Crippen LogP contribution in [0.15, 0.2) is 33.8 Å². The van der Waals surface area contributed by atoms with Crippen molar-refractivity contribution < 1.29 is 9.52 Å². The molecule has 0 radical (unpaired) electrons. The first-order chi connectivity index (χ1) is 14.9. The molecule has 0 bridgehead atoms. The summed E-state index contributed by atoms with van der Waals surface area (Å²) in [7, 11) is 0. The molecule has 1 aliphatic rings. The predicted molar refractivity (Wildman–Crippen MR) is 125 cm³/mol. The second-order valence-corrected chi connectivity index (χ2v) is 8.57. The van der Waals surface area contributed by atoms with E-state index in [1.54, 1.807) is 6.92 Å². The molecule has 3 rings (SSSR count). The number of aliphatic hydroxyl groups is 1. The predicted octanol–water partition coefficient (Wildman–Crippen LogP) is 3.63. The second-order valence-electron chi connectivity index (χ2n) is 8.57. The van der Waals surface area contributed by atoms with Gasteiger partial charge in [0.2, 0.25) is 0 Å². The van der Waals surface area contributed by atoms with Gasteiger partial charge in [-0.25, -0.2) is 9.98 Å². The van der Waals surface area contributed by atoms with Gasteiger partial charge in [0, 0.05) is 31.4 Å². The van der Waals surface area contributed by atoms with E-state index in [2.05, 4.69) is 26.6 Å². The third-order valence-electron chi connectivity index (χ3n) is 5.73. The number of anilines is 1. The van der Waals surface area contributed by atoms with E-state index in [4.69, 9.17) is 9.41 Å². The third kappa shape index (κ3) is 6.47. The molecule has 0 amide bonds. The van der Waals surface area contributed by atoms with Gasteiger partial charge in [0.15, 0.2) is 5.96 Å². The minimum Gasteiger partial charge on any atom is -0.466 e. The van der Waals surface area contributed by atoms with Crippen LogP contribution in [0.2, 0.25) is 0 Å². The molecule has 1 saturated heterocycles. The number of nitrogens with one attached hydrogen (secondary N) is 2. The zero-order valence-corrected chi connectivity index (χ0v) is 19.4. The van der Waals surface area contributed by atoms with Crippen LogP contribution in [0.4, 0.5) is 5.82 Å². The fraction of sp³-hybridized carbons (Fsp3) is 0.583. The van der Waals surface area contributed by atoms with E-state index in [1.807, 2.05) is 39.1 Å². The first-order valence-corrected chi connectivity index (χ1v) is 11.4.